The van der Waals surface area contributed by atoms with Crippen molar-refractivity contribution in [2.75, 3.05) is 13.2 Å². The van der Waals surface area contributed by atoms with Crippen LogP contribution in [0, 0.1) is 0 Å². The summed E-state index contributed by atoms with van der Waals surface area (Å²) in [7, 11) is 0. The van der Waals surface area contributed by atoms with E-state index in [1.807, 2.05) is 0 Å². The van der Waals surface area contributed by atoms with Crippen LogP contribution in [0.5, 0.6) is 17.2 Å². The van der Waals surface area contributed by atoms with Crippen molar-refractivity contribution in [2.45, 2.75) is 25.0 Å². The molecule has 2 rings (SSSR count). The Morgan fingerprint density at radius 3 is 2.33 bits per heavy atom. The molecule has 1 aromatic rings. The third-order valence-electron chi connectivity index (χ3n) is 3.93. The van der Waals surface area contributed by atoms with Gasteiger partial charge in [0.25, 0.3) is 0 Å². The van der Waals surface area contributed by atoms with Crippen LogP contribution in [0.2, 0.25) is 0 Å². The lowest BCUT2D eigenvalue weighted by atomic mass is 9.83. The lowest BCUT2D eigenvalue weighted by molar-refractivity contribution is -0.161. The summed E-state index contributed by atoms with van der Waals surface area (Å²) in [6, 6.07) is 0.653. The second kappa shape index (κ2) is 7.21. The molecular formula is C16H18O11. The zero-order valence-electron chi connectivity index (χ0n) is 14.0. The van der Waals surface area contributed by atoms with E-state index in [9.17, 15) is 45.3 Å². The molecule has 0 fully saturated rings. The van der Waals surface area contributed by atoms with Gasteiger partial charge in [-0.2, -0.15) is 0 Å². The van der Waals surface area contributed by atoms with Gasteiger partial charge >= 0.3 is 11.9 Å². The molecule has 27 heavy (non-hydrogen) atoms. The number of aliphatic hydroxyl groups excluding tert-OH is 3. The minimum Gasteiger partial charge on any atom is -0.505 e. The van der Waals surface area contributed by atoms with E-state index in [1.165, 1.54) is 0 Å². The van der Waals surface area contributed by atoms with Gasteiger partial charge in [-0.25, -0.2) is 9.59 Å². The highest BCUT2D eigenvalue weighted by molar-refractivity contribution is 5.94. The van der Waals surface area contributed by atoms with E-state index >= 15 is 0 Å². The predicted octanol–water partition coefficient (Wildman–Crippen LogP) is -0.197. The molecule has 0 aromatic heterocycles. The third-order valence-corrected chi connectivity index (χ3v) is 3.93. The zero-order valence-corrected chi connectivity index (χ0v) is 14.0. The molecule has 0 amide bonds. The largest absolute Gasteiger partial charge is 0.505 e. The lowest BCUT2D eigenvalue weighted by Crippen LogP contribution is -2.45. The Balaban J connectivity index is 2.72. The van der Waals surface area contributed by atoms with Crippen LogP contribution in [0.1, 0.15) is 29.3 Å². The minimum atomic E-state index is -2.89. The first-order valence-electron chi connectivity index (χ1n) is 7.71. The molecule has 1 aliphatic heterocycles. The van der Waals surface area contributed by atoms with E-state index < -0.39 is 70.1 Å². The number of phenolic OH excluding ortho intramolecular Hbond substituents is 3. The number of aliphatic hydroxyl groups is 4. The standard InChI is InChI=1S/C16H18O11/c1-2-3-26-14(23)6-4-7(18)9(19)10(20)8(6)16(25,5-17)13-11(21)12(22)15(24)27-13/h4,13,17-22,25H,2-3,5H2,1H3/t13-,16+/m0/s1. The average molecular weight is 386 g/mol. The SMILES string of the molecule is CCCOC(=O)c1cc(O)c(O)c(O)c1[C@](O)(CO)[C@H]1OC(=O)C(O)=C1O. The Labute approximate surface area is 151 Å². The van der Waals surface area contributed by atoms with E-state index in [4.69, 9.17) is 4.74 Å². The molecule has 1 aromatic carbocycles. The summed E-state index contributed by atoms with van der Waals surface area (Å²) in [4.78, 5) is 23.7. The third kappa shape index (κ3) is 3.17. The average Bonchev–Trinajstić information content (AvgIpc) is 2.91. The summed E-state index contributed by atoms with van der Waals surface area (Å²) < 4.78 is 9.48. The zero-order chi connectivity index (χ0) is 20.5. The number of hydrogen-bond donors (Lipinski definition) is 7. The topological polar surface area (TPSA) is 194 Å². The smallest absolute Gasteiger partial charge is 0.378 e. The number of carbonyl (C=O) groups excluding carboxylic acids is 2. The normalized spacial score (nSPS) is 18.9. The fourth-order valence-corrected chi connectivity index (χ4v) is 2.58. The van der Waals surface area contributed by atoms with Gasteiger partial charge in [0.1, 0.15) is 0 Å². The molecule has 2 atom stereocenters. The maximum atomic E-state index is 12.3. The summed E-state index contributed by atoms with van der Waals surface area (Å²) >= 11 is 0. The van der Waals surface area contributed by atoms with E-state index in [0.717, 1.165) is 0 Å². The van der Waals surface area contributed by atoms with Gasteiger partial charge in [-0.05, 0) is 12.5 Å². The van der Waals surface area contributed by atoms with Crippen LogP contribution >= 0.6 is 0 Å². The van der Waals surface area contributed by atoms with Gasteiger partial charge in [0.05, 0.1) is 24.3 Å². The molecule has 148 valence electrons. The number of carbonyl (C=O) groups is 2. The molecule has 1 aliphatic rings. The molecule has 0 radical (unpaired) electrons. The van der Waals surface area contributed by atoms with Crippen LogP contribution in [0.3, 0.4) is 0 Å². The van der Waals surface area contributed by atoms with Crippen molar-refractivity contribution in [3.63, 3.8) is 0 Å². The van der Waals surface area contributed by atoms with E-state index in [0.29, 0.717) is 12.5 Å². The summed E-state index contributed by atoms with van der Waals surface area (Å²) in [6.45, 7) is 0.282. The quantitative estimate of drug-likeness (QED) is 0.253. The van der Waals surface area contributed by atoms with Crippen molar-refractivity contribution in [2.24, 2.45) is 0 Å². The van der Waals surface area contributed by atoms with Gasteiger partial charge < -0.3 is 45.2 Å². The number of aromatic hydroxyl groups is 3. The van der Waals surface area contributed by atoms with Crippen LogP contribution < -0.4 is 0 Å². The second-order valence-corrected chi connectivity index (χ2v) is 5.75. The number of cyclic esters (lactones) is 1. The van der Waals surface area contributed by atoms with Gasteiger partial charge in [-0.15, -0.1) is 0 Å². The highest BCUT2D eigenvalue weighted by atomic mass is 16.6. The molecule has 0 spiro atoms. The molecule has 0 bridgehead atoms. The summed E-state index contributed by atoms with van der Waals surface area (Å²) in [5, 5.41) is 69.4. The van der Waals surface area contributed by atoms with Gasteiger partial charge in [0.15, 0.2) is 29.0 Å². The number of phenols is 3. The van der Waals surface area contributed by atoms with Crippen LogP contribution in [0.15, 0.2) is 17.6 Å². The van der Waals surface area contributed by atoms with Crippen molar-refractivity contribution < 1.29 is 54.8 Å². The Morgan fingerprint density at radius 2 is 1.85 bits per heavy atom. The Morgan fingerprint density at radius 1 is 1.22 bits per heavy atom. The first-order valence-corrected chi connectivity index (χ1v) is 7.71. The molecular weight excluding hydrogens is 368 g/mol. The Hall–Kier alpha value is -3.18. The molecule has 0 unspecified atom stereocenters. The van der Waals surface area contributed by atoms with Crippen LogP contribution in [-0.2, 0) is 19.9 Å². The monoisotopic (exact) mass is 386 g/mol. The highest BCUT2D eigenvalue weighted by Gasteiger charge is 2.53. The first kappa shape index (κ1) is 20.1. The number of ether oxygens (including phenoxy) is 2. The number of rotatable bonds is 6. The fraction of sp³-hybridized carbons (Fsp3) is 0.375. The maximum absolute atomic E-state index is 12.3. The first-order chi connectivity index (χ1) is 12.6. The van der Waals surface area contributed by atoms with Crippen LogP contribution in [-0.4, -0.2) is 67.0 Å². The summed E-state index contributed by atoms with van der Waals surface area (Å²) in [5.41, 5.74) is -4.46. The molecule has 0 aliphatic carbocycles. The van der Waals surface area contributed by atoms with Crippen LogP contribution in [0.25, 0.3) is 0 Å². The molecule has 11 heteroatoms. The number of hydrogen-bond acceptors (Lipinski definition) is 11. The lowest BCUT2D eigenvalue weighted by Gasteiger charge is -2.33. The number of esters is 2. The number of benzene rings is 1. The predicted molar refractivity (Wildman–Crippen MR) is 85.2 cm³/mol. The van der Waals surface area contributed by atoms with Crippen molar-refractivity contribution in [1.82, 2.24) is 0 Å². The van der Waals surface area contributed by atoms with Crippen LogP contribution in [0.4, 0.5) is 0 Å². The molecule has 1 heterocycles. The van der Waals surface area contributed by atoms with E-state index in [2.05, 4.69) is 4.74 Å². The Kier molecular flexibility index (Phi) is 5.38. The molecule has 11 nitrogen and oxygen atoms in total. The summed E-state index contributed by atoms with van der Waals surface area (Å²) in [6.07, 6.45) is -1.71. The maximum Gasteiger partial charge on any atom is 0.378 e. The molecule has 0 saturated carbocycles. The highest BCUT2D eigenvalue weighted by Crippen LogP contribution is 2.47. The van der Waals surface area contributed by atoms with Crippen molar-refractivity contribution in [3.8, 4) is 17.2 Å². The summed E-state index contributed by atoms with van der Waals surface area (Å²) in [5.74, 6) is -8.32. The molecule has 0 saturated heterocycles. The van der Waals surface area contributed by atoms with Gasteiger partial charge in [0.2, 0.25) is 11.5 Å². The van der Waals surface area contributed by atoms with Crippen molar-refractivity contribution >= 4 is 11.9 Å². The fourth-order valence-electron chi connectivity index (χ4n) is 2.58. The van der Waals surface area contributed by atoms with Gasteiger partial charge in [-0.1, -0.05) is 6.92 Å². The second-order valence-electron chi connectivity index (χ2n) is 5.75. The van der Waals surface area contributed by atoms with Crippen molar-refractivity contribution in [3.05, 3.63) is 28.7 Å². The Bertz CT molecular complexity index is 813. The molecule has 7 N–H and O–H groups in total. The van der Waals surface area contributed by atoms with E-state index in [-0.39, 0.29) is 6.61 Å². The van der Waals surface area contributed by atoms with Gasteiger partial charge in [-0.3, -0.25) is 0 Å². The van der Waals surface area contributed by atoms with Crippen molar-refractivity contribution in [1.29, 1.82) is 0 Å². The minimum absolute atomic E-state index is 0.0669. The van der Waals surface area contributed by atoms with E-state index in [1.54, 1.807) is 6.92 Å². The van der Waals surface area contributed by atoms with Gasteiger partial charge in [0, 0.05) is 0 Å².